The van der Waals surface area contributed by atoms with Crippen LogP contribution in [-0.2, 0) is 15.1 Å². The second-order valence-corrected chi connectivity index (χ2v) is 8.76. The van der Waals surface area contributed by atoms with Gasteiger partial charge in [-0.2, -0.15) is 0 Å². The zero-order valence-electron chi connectivity index (χ0n) is 18.0. The molecule has 0 saturated carbocycles. The van der Waals surface area contributed by atoms with Crippen molar-refractivity contribution >= 4 is 35.1 Å². The van der Waals surface area contributed by atoms with Crippen molar-refractivity contribution in [1.82, 2.24) is 9.88 Å². The minimum absolute atomic E-state index is 0.0287. The number of guanidine groups is 1. The number of aromatic nitrogens is 1. The van der Waals surface area contributed by atoms with Crippen LogP contribution < -0.4 is 11.1 Å². The minimum Gasteiger partial charge on any atom is -0.378 e. The molecule has 0 bridgehead atoms. The number of pyridine rings is 1. The van der Waals surface area contributed by atoms with Gasteiger partial charge in [-0.25, -0.2) is 4.99 Å². The van der Waals surface area contributed by atoms with E-state index in [1.165, 1.54) is 0 Å². The fourth-order valence-electron chi connectivity index (χ4n) is 4.34. The Morgan fingerprint density at radius 1 is 1.31 bits per heavy atom. The smallest absolute Gasteiger partial charge is 0.274 e. The highest BCUT2D eigenvalue weighted by molar-refractivity contribution is 6.34. The van der Waals surface area contributed by atoms with E-state index in [2.05, 4.69) is 10.3 Å². The summed E-state index contributed by atoms with van der Waals surface area (Å²) in [6, 6.07) is 10.3. The zero-order chi connectivity index (χ0) is 22.9. The van der Waals surface area contributed by atoms with Crippen molar-refractivity contribution in [3.63, 3.8) is 0 Å². The molecule has 32 heavy (non-hydrogen) atoms. The highest BCUT2D eigenvalue weighted by Crippen LogP contribution is 2.41. The lowest BCUT2D eigenvalue weighted by molar-refractivity contribution is -0.133. The molecule has 0 spiro atoms. The standard InChI is InChI=1S/C23H26ClN5O3/c1-14-12-15(9-11-32-14)29-19(30)13-23(2,28-22(29)25)16-6-5-8-17(20(16)24)27-21(31)18-7-3-4-10-26-18/h3-8,10,14-15H,9,11-13H2,1-2H3,(H2,25,28)(H,27,31)/t14-,15-,23+/m1/s1. The molecule has 3 atom stereocenters. The van der Waals surface area contributed by atoms with E-state index in [4.69, 9.17) is 27.1 Å². The predicted molar refractivity (Wildman–Crippen MR) is 123 cm³/mol. The highest BCUT2D eigenvalue weighted by Gasteiger charge is 2.42. The summed E-state index contributed by atoms with van der Waals surface area (Å²) < 4.78 is 5.60. The van der Waals surface area contributed by atoms with E-state index in [1.54, 1.807) is 47.5 Å². The first-order valence-electron chi connectivity index (χ1n) is 10.6. The second kappa shape index (κ2) is 8.88. The Morgan fingerprint density at radius 2 is 2.12 bits per heavy atom. The summed E-state index contributed by atoms with van der Waals surface area (Å²) in [5, 5.41) is 3.11. The van der Waals surface area contributed by atoms with Crippen LogP contribution in [0.25, 0.3) is 0 Å². The average molecular weight is 456 g/mol. The molecule has 3 heterocycles. The van der Waals surface area contributed by atoms with Gasteiger partial charge >= 0.3 is 0 Å². The number of halogens is 1. The van der Waals surface area contributed by atoms with Crippen molar-refractivity contribution < 1.29 is 14.3 Å². The van der Waals surface area contributed by atoms with E-state index in [1.807, 2.05) is 13.8 Å². The number of carbonyl (C=O) groups is 2. The van der Waals surface area contributed by atoms with Crippen molar-refractivity contribution in [3.05, 3.63) is 58.9 Å². The number of nitrogens with one attached hydrogen (secondary N) is 1. The summed E-state index contributed by atoms with van der Waals surface area (Å²) in [4.78, 5) is 36.1. The summed E-state index contributed by atoms with van der Waals surface area (Å²) in [7, 11) is 0. The molecule has 9 heteroatoms. The first kappa shape index (κ1) is 22.2. The van der Waals surface area contributed by atoms with Crippen LogP contribution >= 0.6 is 11.6 Å². The number of nitrogens with two attached hydrogens (primary N) is 1. The van der Waals surface area contributed by atoms with Crippen molar-refractivity contribution in [2.45, 2.75) is 50.8 Å². The van der Waals surface area contributed by atoms with Crippen LogP contribution in [0.4, 0.5) is 5.69 Å². The van der Waals surface area contributed by atoms with Crippen LogP contribution in [0, 0.1) is 0 Å². The molecule has 2 aromatic rings. The van der Waals surface area contributed by atoms with E-state index in [0.717, 1.165) is 6.42 Å². The first-order valence-corrected chi connectivity index (χ1v) is 11.0. The molecule has 0 aliphatic carbocycles. The van der Waals surface area contributed by atoms with Gasteiger partial charge in [0, 0.05) is 24.4 Å². The third-order valence-electron chi connectivity index (χ3n) is 5.92. The Hall–Kier alpha value is -2.97. The summed E-state index contributed by atoms with van der Waals surface area (Å²) in [6.45, 7) is 4.40. The van der Waals surface area contributed by atoms with Crippen molar-refractivity contribution in [2.24, 2.45) is 10.7 Å². The van der Waals surface area contributed by atoms with Gasteiger partial charge in [-0.3, -0.25) is 19.5 Å². The molecule has 1 saturated heterocycles. The largest absolute Gasteiger partial charge is 0.378 e. The first-order chi connectivity index (χ1) is 15.3. The van der Waals surface area contributed by atoms with Crippen molar-refractivity contribution in [2.75, 3.05) is 11.9 Å². The average Bonchev–Trinajstić information content (AvgIpc) is 2.75. The van der Waals surface area contributed by atoms with E-state index < -0.39 is 5.54 Å². The van der Waals surface area contributed by atoms with E-state index in [9.17, 15) is 9.59 Å². The van der Waals surface area contributed by atoms with Gasteiger partial charge in [-0.05, 0) is 44.9 Å². The van der Waals surface area contributed by atoms with Crippen molar-refractivity contribution in [1.29, 1.82) is 0 Å². The van der Waals surface area contributed by atoms with Crippen LogP contribution in [-0.4, -0.2) is 46.4 Å². The molecule has 2 aliphatic rings. The van der Waals surface area contributed by atoms with Gasteiger partial charge in [0.25, 0.3) is 5.91 Å². The summed E-state index contributed by atoms with van der Waals surface area (Å²) in [6.07, 6.45) is 3.17. The molecule has 2 aliphatic heterocycles. The molecule has 1 aromatic carbocycles. The van der Waals surface area contributed by atoms with E-state index in [-0.39, 0.29) is 42.0 Å². The number of ether oxygens (including phenoxy) is 1. The number of hydrogen-bond acceptors (Lipinski definition) is 6. The molecule has 0 radical (unpaired) electrons. The normalized spacial score (nSPS) is 25.9. The lowest BCUT2D eigenvalue weighted by Gasteiger charge is -2.41. The van der Waals surface area contributed by atoms with Gasteiger partial charge < -0.3 is 15.8 Å². The van der Waals surface area contributed by atoms with E-state index in [0.29, 0.717) is 29.3 Å². The molecule has 168 valence electrons. The molecular formula is C23H26ClN5O3. The van der Waals surface area contributed by atoms with Gasteiger partial charge in [-0.15, -0.1) is 0 Å². The maximum absolute atomic E-state index is 13.2. The lowest BCUT2D eigenvalue weighted by atomic mass is 9.86. The SMILES string of the molecule is C[C@@H]1C[C@H](N2C(=O)C[C@@](C)(c3cccc(NC(=O)c4ccccn4)c3Cl)N=C2N)CCO1. The zero-order valence-corrected chi connectivity index (χ0v) is 18.8. The Balaban J connectivity index is 1.61. The molecule has 1 aromatic heterocycles. The number of amides is 2. The Kier molecular flexibility index (Phi) is 6.17. The van der Waals surface area contributed by atoms with Crippen molar-refractivity contribution in [3.8, 4) is 0 Å². The van der Waals surface area contributed by atoms with Gasteiger partial charge in [0.05, 0.1) is 28.8 Å². The molecule has 2 amide bonds. The van der Waals surface area contributed by atoms with Crippen LogP contribution in [0.15, 0.2) is 47.6 Å². The Morgan fingerprint density at radius 3 is 2.81 bits per heavy atom. The number of nitrogens with zero attached hydrogens (tertiary/aromatic N) is 3. The third-order valence-corrected chi connectivity index (χ3v) is 6.33. The molecule has 8 nitrogen and oxygen atoms in total. The summed E-state index contributed by atoms with van der Waals surface area (Å²) in [5.74, 6) is -0.294. The van der Waals surface area contributed by atoms with Crippen LogP contribution in [0.3, 0.4) is 0 Å². The molecule has 0 unspecified atom stereocenters. The van der Waals surface area contributed by atoms with Crippen LogP contribution in [0.5, 0.6) is 0 Å². The summed E-state index contributed by atoms with van der Waals surface area (Å²) in [5.41, 5.74) is 6.66. The molecular weight excluding hydrogens is 430 g/mol. The van der Waals surface area contributed by atoms with Gasteiger partial charge in [-0.1, -0.05) is 29.8 Å². The number of rotatable bonds is 4. The highest BCUT2D eigenvalue weighted by atomic mass is 35.5. The predicted octanol–water partition coefficient (Wildman–Crippen LogP) is 3.32. The van der Waals surface area contributed by atoms with Gasteiger partial charge in [0.15, 0.2) is 5.96 Å². The number of hydrogen-bond donors (Lipinski definition) is 2. The fourth-order valence-corrected chi connectivity index (χ4v) is 4.71. The lowest BCUT2D eigenvalue weighted by Crippen LogP contribution is -2.56. The number of benzene rings is 1. The number of aliphatic imine (C=N–C) groups is 1. The Bertz CT molecular complexity index is 1060. The number of anilines is 1. The number of carbonyl (C=O) groups excluding carboxylic acids is 2. The molecule has 3 N–H and O–H groups in total. The second-order valence-electron chi connectivity index (χ2n) is 8.38. The fraction of sp³-hybridized carbons (Fsp3) is 0.391. The van der Waals surface area contributed by atoms with Crippen LogP contribution in [0.1, 0.15) is 49.2 Å². The quantitative estimate of drug-likeness (QED) is 0.734. The maximum atomic E-state index is 13.2. The monoisotopic (exact) mass is 455 g/mol. The summed E-state index contributed by atoms with van der Waals surface area (Å²) >= 11 is 6.68. The van der Waals surface area contributed by atoms with Gasteiger partial charge in [0.2, 0.25) is 5.91 Å². The van der Waals surface area contributed by atoms with Crippen LogP contribution in [0.2, 0.25) is 5.02 Å². The minimum atomic E-state index is -0.947. The third kappa shape index (κ3) is 4.33. The maximum Gasteiger partial charge on any atom is 0.274 e. The topological polar surface area (TPSA) is 110 Å². The molecule has 1 fully saturated rings. The molecule has 4 rings (SSSR count). The van der Waals surface area contributed by atoms with Gasteiger partial charge in [0.1, 0.15) is 5.69 Å². The van der Waals surface area contributed by atoms with E-state index >= 15 is 0 Å². The Labute approximate surface area is 191 Å².